The molecule has 1 aromatic rings. The Bertz CT molecular complexity index is 289. The summed E-state index contributed by atoms with van der Waals surface area (Å²) in [5.41, 5.74) is 1.08. The molecule has 0 aliphatic heterocycles. The van der Waals surface area contributed by atoms with Gasteiger partial charge in [-0.2, -0.15) is 0 Å². The van der Waals surface area contributed by atoms with Crippen LogP contribution in [0.1, 0.15) is 26.3 Å². The summed E-state index contributed by atoms with van der Waals surface area (Å²) in [6.45, 7) is 6.13. The van der Waals surface area contributed by atoms with Gasteiger partial charge in [0.1, 0.15) is 11.4 Å². The first kappa shape index (κ1) is 11.4. The highest BCUT2D eigenvalue weighted by atomic mass is 35.5. The molecule has 0 saturated heterocycles. The van der Waals surface area contributed by atoms with Crippen LogP contribution in [0.3, 0.4) is 0 Å². The standard InChI is InChI=1S/C12H17ClO/c1-12(2,3)14-11-6-4-5-10(9-11)7-8-13/h4-6,9H,7-8H2,1-3H3. The molecule has 0 fully saturated rings. The predicted octanol–water partition coefficient (Wildman–Crippen LogP) is 3.65. The van der Waals surface area contributed by atoms with E-state index in [1.807, 2.05) is 39.0 Å². The Labute approximate surface area is 91.0 Å². The number of hydrogen-bond donors (Lipinski definition) is 0. The molecule has 0 aromatic heterocycles. The van der Waals surface area contributed by atoms with Gasteiger partial charge in [-0.05, 0) is 44.9 Å². The molecule has 2 heteroatoms. The van der Waals surface area contributed by atoms with Gasteiger partial charge in [0.15, 0.2) is 0 Å². The molecule has 0 aliphatic carbocycles. The third-order valence-electron chi connectivity index (χ3n) is 1.71. The van der Waals surface area contributed by atoms with Gasteiger partial charge in [0.25, 0.3) is 0 Å². The Kier molecular flexibility index (Phi) is 3.82. The molecule has 0 atom stereocenters. The molecule has 78 valence electrons. The van der Waals surface area contributed by atoms with Crippen LogP contribution in [-0.2, 0) is 6.42 Å². The molecule has 0 aliphatic rings. The molecule has 1 nitrogen and oxygen atoms in total. The van der Waals surface area contributed by atoms with E-state index in [1.165, 1.54) is 5.56 Å². The van der Waals surface area contributed by atoms with E-state index in [1.54, 1.807) is 0 Å². The van der Waals surface area contributed by atoms with Crippen molar-refractivity contribution in [1.29, 1.82) is 0 Å². The monoisotopic (exact) mass is 212 g/mol. The lowest BCUT2D eigenvalue weighted by Crippen LogP contribution is -2.22. The summed E-state index contributed by atoms with van der Waals surface area (Å²) >= 11 is 5.68. The lowest BCUT2D eigenvalue weighted by molar-refractivity contribution is 0.131. The van der Waals surface area contributed by atoms with Crippen LogP contribution in [0, 0.1) is 0 Å². The molecule has 0 unspecified atom stereocenters. The molecule has 0 heterocycles. The molecule has 0 bridgehead atoms. The van der Waals surface area contributed by atoms with Crippen molar-refractivity contribution in [2.24, 2.45) is 0 Å². The van der Waals surface area contributed by atoms with Crippen LogP contribution in [0.4, 0.5) is 0 Å². The maximum atomic E-state index is 5.75. The zero-order valence-corrected chi connectivity index (χ0v) is 9.77. The van der Waals surface area contributed by atoms with Crippen molar-refractivity contribution in [1.82, 2.24) is 0 Å². The highest BCUT2D eigenvalue weighted by Gasteiger charge is 2.11. The third kappa shape index (κ3) is 4.01. The van der Waals surface area contributed by atoms with Crippen LogP contribution in [0.25, 0.3) is 0 Å². The van der Waals surface area contributed by atoms with E-state index in [9.17, 15) is 0 Å². The Morgan fingerprint density at radius 1 is 1.29 bits per heavy atom. The summed E-state index contributed by atoms with van der Waals surface area (Å²) < 4.78 is 5.75. The topological polar surface area (TPSA) is 9.23 Å². The van der Waals surface area contributed by atoms with Crippen molar-refractivity contribution < 1.29 is 4.74 Å². The van der Waals surface area contributed by atoms with E-state index >= 15 is 0 Å². The lowest BCUT2D eigenvalue weighted by Gasteiger charge is -2.21. The van der Waals surface area contributed by atoms with Gasteiger partial charge in [-0.3, -0.25) is 0 Å². The van der Waals surface area contributed by atoms with Crippen LogP contribution in [0.2, 0.25) is 0 Å². The average Bonchev–Trinajstić information content (AvgIpc) is 2.02. The van der Waals surface area contributed by atoms with Gasteiger partial charge in [0.2, 0.25) is 0 Å². The van der Waals surface area contributed by atoms with Crippen molar-refractivity contribution in [3.8, 4) is 5.75 Å². The largest absolute Gasteiger partial charge is 0.488 e. The molecule has 0 spiro atoms. The van der Waals surface area contributed by atoms with Crippen LogP contribution in [0.5, 0.6) is 5.75 Å². The number of alkyl halides is 1. The summed E-state index contributed by atoms with van der Waals surface area (Å²) in [5.74, 6) is 1.57. The number of aryl methyl sites for hydroxylation is 1. The van der Waals surface area contributed by atoms with E-state index in [4.69, 9.17) is 16.3 Å². The van der Waals surface area contributed by atoms with Crippen LogP contribution >= 0.6 is 11.6 Å². The first-order valence-corrected chi connectivity index (χ1v) is 5.38. The van der Waals surface area contributed by atoms with Crippen LogP contribution in [-0.4, -0.2) is 11.5 Å². The fraction of sp³-hybridized carbons (Fsp3) is 0.500. The van der Waals surface area contributed by atoms with E-state index in [2.05, 4.69) is 6.07 Å². The number of hydrogen-bond acceptors (Lipinski definition) is 1. The Balaban J connectivity index is 2.73. The minimum absolute atomic E-state index is 0.139. The van der Waals surface area contributed by atoms with E-state index < -0.39 is 0 Å². The Morgan fingerprint density at radius 3 is 2.57 bits per heavy atom. The summed E-state index contributed by atoms with van der Waals surface area (Å²) in [7, 11) is 0. The molecular formula is C12H17ClO. The summed E-state index contributed by atoms with van der Waals surface area (Å²) in [6, 6.07) is 8.09. The molecule has 0 saturated carbocycles. The lowest BCUT2D eigenvalue weighted by atomic mass is 10.1. The second-order valence-electron chi connectivity index (χ2n) is 4.30. The SMILES string of the molecule is CC(C)(C)Oc1cccc(CCCl)c1. The van der Waals surface area contributed by atoms with E-state index in [-0.39, 0.29) is 5.60 Å². The van der Waals surface area contributed by atoms with Gasteiger partial charge in [0, 0.05) is 5.88 Å². The second kappa shape index (κ2) is 4.70. The molecule has 0 amide bonds. The minimum Gasteiger partial charge on any atom is -0.488 e. The molecule has 1 aromatic carbocycles. The van der Waals surface area contributed by atoms with E-state index in [0.717, 1.165) is 12.2 Å². The maximum Gasteiger partial charge on any atom is 0.120 e. The smallest absolute Gasteiger partial charge is 0.120 e. The van der Waals surface area contributed by atoms with Crippen molar-refractivity contribution in [2.75, 3.05) is 5.88 Å². The van der Waals surface area contributed by atoms with Crippen molar-refractivity contribution in [2.45, 2.75) is 32.8 Å². The number of halogens is 1. The van der Waals surface area contributed by atoms with Crippen LogP contribution < -0.4 is 4.74 Å². The molecule has 0 radical (unpaired) electrons. The summed E-state index contributed by atoms with van der Waals surface area (Å²) in [6.07, 6.45) is 0.892. The highest BCUT2D eigenvalue weighted by molar-refractivity contribution is 6.17. The first-order chi connectivity index (χ1) is 6.51. The van der Waals surface area contributed by atoms with Gasteiger partial charge in [-0.25, -0.2) is 0 Å². The molecule has 1 rings (SSSR count). The molecule has 0 N–H and O–H groups in total. The highest BCUT2D eigenvalue weighted by Crippen LogP contribution is 2.19. The van der Waals surface area contributed by atoms with Crippen molar-refractivity contribution >= 4 is 11.6 Å². The number of benzene rings is 1. The summed E-state index contributed by atoms with van der Waals surface area (Å²) in [5, 5.41) is 0. The fourth-order valence-electron chi connectivity index (χ4n) is 1.23. The predicted molar refractivity (Wildman–Crippen MR) is 61.2 cm³/mol. The summed E-state index contributed by atoms with van der Waals surface area (Å²) in [4.78, 5) is 0. The quantitative estimate of drug-likeness (QED) is 0.696. The fourth-order valence-corrected chi connectivity index (χ4v) is 1.45. The first-order valence-electron chi connectivity index (χ1n) is 4.85. The zero-order chi connectivity index (χ0) is 10.6. The second-order valence-corrected chi connectivity index (χ2v) is 4.68. The van der Waals surface area contributed by atoms with Gasteiger partial charge >= 0.3 is 0 Å². The van der Waals surface area contributed by atoms with Crippen molar-refractivity contribution in [3.63, 3.8) is 0 Å². The van der Waals surface area contributed by atoms with Crippen LogP contribution in [0.15, 0.2) is 24.3 Å². The van der Waals surface area contributed by atoms with Gasteiger partial charge in [-0.15, -0.1) is 11.6 Å². The van der Waals surface area contributed by atoms with Gasteiger partial charge in [-0.1, -0.05) is 12.1 Å². The average molecular weight is 213 g/mol. The molecular weight excluding hydrogens is 196 g/mol. The number of rotatable bonds is 3. The number of ether oxygens (including phenoxy) is 1. The molecule has 14 heavy (non-hydrogen) atoms. The Morgan fingerprint density at radius 2 is 2.00 bits per heavy atom. The third-order valence-corrected chi connectivity index (χ3v) is 1.89. The van der Waals surface area contributed by atoms with Gasteiger partial charge < -0.3 is 4.74 Å². The Hall–Kier alpha value is -0.690. The van der Waals surface area contributed by atoms with E-state index in [0.29, 0.717) is 5.88 Å². The zero-order valence-electron chi connectivity index (χ0n) is 9.01. The minimum atomic E-state index is -0.139. The van der Waals surface area contributed by atoms with Gasteiger partial charge in [0.05, 0.1) is 0 Å². The van der Waals surface area contributed by atoms with Crippen molar-refractivity contribution in [3.05, 3.63) is 29.8 Å². The maximum absolute atomic E-state index is 5.75. The normalized spacial score (nSPS) is 11.4.